The van der Waals surface area contributed by atoms with Crippen LogP contribution in [0.5, 0.6) is 5.75 Å². The Morgan fingerprint density at radius 2 is 1.95 bits per heavy atom. The van der Waals surface area contributed by atoms with Gasteiger partial charge in [0.1, 0.15) is 11.6 Å². The molecule has 3 nitrogen and oxygen atoms in total. The second kappa shape index (κ2) is 6.20. The lowest BCUT2D eigenvalue weighted by Crippen LogP contribution is -2.20. The highest BCUT2D eigenvalue weighted by molar-refractivity contribution is 5.46. The number of methoxy groups -OCH3 is 1. The monoisotopic (exact) mass is 260 g/mol. The van der Waals surface area contributed by atoms with E-state index in [2.05, 4.69) is 5.32 Å². The van der Waals surface area contributed by atoms with Crippen LogP contribution in [0.1, 0.15) is 11.6 Å². The molecule has 1 unspecified atom stereocenters. The number of nitrogens with one attached hydrogen (secondary N) is 1. The third-order valence-corrected chi connectivity index (χ3v) is 2.92. The van der Waals surface area contributed by atoms with E-state index in [0.29, 0.717) is 12.2 Å². The van der Waals surface area contributed by atoms with Gasteiger partial charge in [-0.25, -0.2) is 4.39 Å². The summed E-state index contributed by atoms with van der Waals surface area (Å²) in [6.45, 7) is 0.419. The van der Waals surface area contributed by atoms with E-state index in [1.807, 2.05) is 30.3 Å². The van der Waals surface area contributed by atoms with Crippen LogP contribution in [0.25, 0.3) is 0 Å². The minimum atomic E-state index is -0.268. The SMILES string of the molecule is COc1ccc(C(CN)Nc2cccc(F)c2)cc1. The summed E-state index contributed by atoms with van der Waals surface area (Å²) in [6, 6.07) is 13.9. The van der Waals surface area contributed by atoms with E-state index in [1.165, 1.54) is 12.1 Å². The van der Waals surface area contributed by atoms with Crippen LogP contribution < -0.4 is 15.8 Å². The van der Waals surface area contributed by atoms with Gasteiger partial charge in [0.05, 0.1) is 13.2 Å². The van der Waals surface area contributed by atoms with Crippen LogP contribution in [-0.4, -0.2) is 13.7 Å². The largest absolute Gasteiger partial charge is 0.497 e. The van der Waals surface area contributed by atoms with Crippen molar-refractivity contribution in [2.75, 3.05) is 19.0 Å². The van der Waals surface area contributed by atoms with Crippen molar-refractivity contribution in [3.63, 3.8) is 0 Å². The van der Waals surface area contributed by atoms with Crippen molar-refractivity contribution in [3.05, 3.63) is 59.9 Å². The summed E-state index contributed by atoms with van der Waals surface area (Å²) in [4.78, 5) is 0. The van der Waals surface area contributed by atoms with E-state index >= 15 is 0 Å². The average molecular weight is 260 g/mol. The molecule has 0 saturated heterocycles. The molecule has 2 aromatic rings. The molecule has 2 aromatic carbocycles. The molecule has 100 valence electrons. The quantitative estimate of drug-likeness (QED) is 0.869. The van der Waals surface area contributed by atoms with E-state index in [0.717, 1.165) is 11.3 Å². The molecule has 0 aliphatic heterocycles. The fraction of sp³-hybridized carbons (Fsp3) is 0.200. The van der Waals surface area contributed by atoms with Crippen molar-refractivity contribution in [2.24, 2.45) is 5.73 Å². The summed E-state index contributed by atoms with van der Waals surface area (Å²) in [6.07, 6.45) is 0. The van der Waals surface area contributed by atoms with Gasteiger partial charge in [-0.2, -0.15) is 0 Å². The highest BCUT2D eigenvalue weighted by Crippen LogP contribution is 2.21. The molecule has 0 saturated carbocycles. The summed E-state index contributed by atoms with van der Waals surface area (Å²) >= 11 is 0. The number of nitrogens with two attached hydrogens (primary N) is 1. The second-order valence-corrected chi connectivity index (χ2v) is 4.22. The second-order valence-electron chi connectivity index (χ2n) is 4.22. The molecule has 0 heterocycles. The third kappa shape index (κ3) is 3.45. The van der Waals surface area contributed by atoms with Crippen LogP contribution in [0.4, 0.5) is 10.1 Å². The zero-order chi connectivity index (χ0) is 13.7. The van der Waals surface area contributed by atoms with E-state index in [9.17, 15) is 4.39 Å². The minimum absolute atomic E-state index is 0.0623. The standard InChI is InChI=1S/C15H17FN2O/c1-19-14-7-5-11(6-8-14)15(10-17)18-13-4-2-3-12(16)9-13/h2-9,15,18H,10,17H2,1H3. The first-order valence-electron chi connectivity index (χ1n) is 6.09. The lowest BCUT2D eigenvalue weighted by molar-refractivity contribution is 0.414. The van der Waals surface area contributed by atoms with E-state index < -0.39 is 0 Å². The highest BCUT2D eigenvalue weighted by atomic mass is 19.1. The lowest BCUT2D eigenvalue weighted by atomic mass is 10.1. The fourth-order valence-electron chi connectivity index (χ4n) is 1.89. The van der Waals surface area contributed by atoms with Crippen molar-refractivity contribution in [2.45, 2.75) is 6.04 Å². The summed E-state index contributed by atoms with van der Waals surface area (Å²) in [5.74, 6) is 0.528. The van der Waals surface area contributed by atoms with Crippen LogP contribution in [0, 0.1) is 5.82 Å². The molecule has 0 aliphatic carbocycles. The van der Waals surface area contributed by atoms with Crippen LogP contribution in [0.15, 0.2) is 48.5 Å². The van der Waals surface area contributed by atoms with Crippen LogP contribution in [-0.2, 0) is 0 Å². The first-order valence-corrected chi connectivity index (χ1v) is 6.09. The third-order valence-electron chi connectivity index (χ3n) is 2.92. The maximum Gasteiger partial charge on any atom is 0.125 e. The number of ether oxygens (including phenoxy) is 1. The zero-order valence-electron chi connectivity index (χ0n) is 10.8. The topological polar surface area (TPSA) is 47.3 Å². The molecule has 0 aliphatic rings. The van der Waals surface area contributed by atoms with Gasteiger partial charge in [0.2, 0.25) is 0 Å². The molecule has 0 amide bonds. The van der Waals surface area contributed by atoms with Gasteiger partial charge < -0.3 is 15.8 Å². The normalized spacial score (nSPS) is 11.9. The zero-order valence-corrected chi connectivity index (χ0v) is 10.8. The van der Waals surface area contributed by atoms with Gasteiger partial charge in [0.25, 0.3) is 0 Å². The maximum absolute atomic E-state index is 13.1. The Bertz CT molecular complexity index is 528. The molecule has 0 fully saturated rings. The van der Waals surface area contributed by atoms with Gasteiger partial charge in [0.15, 0.2) is 0 Å². The highest BCUT2D eigenvalue weighted by Gasteiger charge is 2.09. The predicted octanol–water partition coefficient (Wildman–Crippen LogP) is 2.95. The Morgan fingerprint density at radius 1 is 1.21 bits per heavy atom. The Morgan fingerprint density at radius 3 is 2.53 bits per heavy atom. The lowest BCUT2D eigenvalue weighted by Gasteiger charge is -2.19. The van der Waals surface area contributed by atoms with Crippen molar-refractivity contribution < 1.29 is 9.13 Å². The first-order chi connectivity index (χ1) is 9.22. The van der Waals surface area contributed by atoms with Gasteiger partial charge >= 0.3 is 0 Å². The van der Waals surface area contributed by atoms with E-state index in [-0.39, 0.29) is 11.9 Å². The molecular weight excluding hydrogens is 243 g/mol. The Balaban J connectivity index is 2.15. The molecule has 4 heteroatoms. The van der Waals surface area contributed by atoms with Gasteiger partial charge in [-0.1, -0.05) is 18.2 Å². The van der Waals surface area contributed by atoms with Crippen molar-refractivity contribution >= 4 is 5.69 Å². The van der Waals surface area contributed by atoms with Crippen molar-refractivity contribution in [1.82, 2.24) is 0 Å². The summed E-state index contributed by atoms with van der Waals surface area (Å²) < 4.78 is 18.3. The molecule has 2 rings (SSSR count). The fourth-order valence-corrected chi connectivity index (χ4v) is 1.89. The molecule has 0 spiro atoms. The van der Waals surface area contributed by atoms with E-state index in [4.69, 9.17) is 10.5 Å². The van der Waals surface area contributed by atoms with Crippen LogP contribution >= 0.6 is 0 Å². The molecule has 1 atom stereocenters. The Hall–Kier alpha value is -2.07. The molecule has 3 N–H and O–H groups in total. The van der Waals surface area contributed by atoms with E-state index in [1.54, 1.807) is 13.2 Å². The van der Waals surface area contributed by atoms with Crippen molar-refractivity contribution in [1.29, 1.82) is 0 Å². The minimum Gasteiger partial charge on any atom is -0.497 e. The molecule has 19 heavy (non-hydrogen) atoms. The van der Waals surface area contributed by atoms with Gasteiger partial charge in [-0.05, 0) is 35.9 Å². The van der Waals surface area contributed by atoms with Crippen molar-refractivity contribution in [3.8, 4) is 5.75 Å². The number of rotatable bonds is 5. The van der Waals surface area contributed by atoms with Crippen LogP contribution in [0.3, 0.4) is 0 Å². The average Bonchev–Trinajstić information content (AvgIpc) is 2.45. The Kier molecular flexibility index (Phi) is 4.36. The number of benzene rings is 2. The molecule has 0 aromatic heterocycles. The van der Waals surface area contributed by atoms with Gasteiger partial charge in [-0.15, -0.1) is 0 Å². The summed E-state index contributed by atoms with van der Waals surface area (Å²) in [7, 11) is 1.63. The summed E-state index contributed by atoms with van der Waals surface area (Å²) in [5.41, 5.74) is 7.52. The summed E-state index contributed by atoms with van der Waals surface area (Å²) in [5, 5.41) is 3.22. The number of hydrogen-bond donors (Lipinski definition) is 2. The van der Waals surface area contributed by atoms with Gasteiger partial charge in [0, 0.05) is 12.2 Å². The maximum atomic E-state index is 13.1. The van der Waals surface area contributed by atoms with Crippen LogP contribution in [0.2, 0.25) is 0 Å². The molecule has 0 bridgehead atoms. The smallest absolute Gasteiger partial charge is 0.125 e. The molecule has 0 radical (unpaired) electrons. The number of hydrogen-bond acceptors (Lipinski definition) is 3. The number of anilines is 1. The molecular formula is C15H17FN2O. The number of halogens is 1. The first kappa shape index (κ1) is 13.4. The predicted molar refractivity (Wildman–Crippen MR) is 74.8 cm³/mol. The Labute approximate surface area is 112 Å². The van der Waals surface area contributed by atoms with Gasteiger partial charge in [-0.3, -0.25) is 0 Å².